The van der Waals surface area contributed by atoms with Crippen molar-refractivity contribution in [2.24, 2.45) is 0 Å². The monoisotopic (exact) mass is 349 g/mol. The molecule has 1 aromatic heterocycles. The lowest BCUT2D eigenvalue weighted by atomic mass is 10.1. The first kappa shape index (κ1) is 17.3. The molecule has 1 amide bonds. The zero-order chi connectivity index (χ0) is 17.9. The summed E-state index contributed by atoms with van der Waals surface area (Å²) in [5.41, 5.74) is 1.07. The lowest BCUT2D eigenvalue weighted by Gasteiger charge is -2.16. The smallest absolute Gasteiger partial charge is 0.365 e. The molecule has 4 nitrogen and oxygen atoms in total. The van der Waals surface area contributed by atoms with Crippen molar-refractivity contribution in [3.05, 3.63) is 59.3 Å². The zero-order valence-corrected chi connectivity index (χ0v) is 13.5. The van der Waals surface area contributed by atoms with Gasteiger partial charge in [0.1, 0.15) is 5.82 Å². The Labute approximate surface area is 143 Å². The lowest BCUT2D eigenvalue weighted by Crippen LogP contribution is -2.23. The van der Waals surface area contributed by atoms with Crippen molar-refractivity contribution in [2.75, 3.05) is 11.9 Å². The van der Waals surface area contributed by atoms with Crippen LogP contribution in [0.15, 0.2) is 42.6 Å². The fourth-order valence-corrected chi connectivity index (χ4v) is 2.81. The highest BCUT2D eigenvalue weighted by Gasteiger charge is 2.33. The van der Waals surface area contributed by atoms with Gasteiger partial charge in [-0.1, -0.05) is 24.3 Å². The number of benzene rings is 1. The molecule has 25 heavy (non-hydrogen) atoms. The molecule has 1 aliphatic heterocycles. The Morgan fingerprint density at radius 1 is 1.12 bits per heavy atom. The molecule has 1 N–H and O–H groups in total. The Hall–Kier alpha value is -2.57. The summed E-state index contributed by atoms with van der Waals surface area (Å²) in [6.07, 6.45) is -1.61. The summed E-state index contributed by atoms with van der Waals surface area (Å²) in [4.78, 5) is 17.2. The number of likely N-dealkylation sites (tertiary alicyclic amines) is 1. The number of hydrogen-bond donors (Lipinski definition) is 1. The van der Waals surface area contributed by atoms with E-state index in [4.69, 9.17) is 0 Å². The molecular weight excluding hydrogens is 331 g/mol. The van der Waals surface area contributed by atoms with Gasteiger partial charge in [0.15, 0.2) is 0 Å². The van der Waals surface area contributed by atoms with Crippen LogP contribution in [-0.4, -0.2) is 22.3 Å². The predicted octanol–water partition coefficient (Wildman–Crippen LogP) is 3.83. The quantitative estimate of drug-likeness (QED) is 0.892. The van der Waals surface area contributed by atoms with Gasteiger partial charge in [0, 0.05) is 32.3 Å². The average molecular weight is 349 g/mol. The van der Waals surface area contributed by atoms with E-state index in [9.17, 15) is 18.0 Å². The summed E-state index contributed by atoms with van der Waals surface area (Å²) in [5, 5.41) is 2.74. The summed E-state index contributed by atoms with van der Waals surface area (Å²) in [5.74, 6) is -0.0117. The third-order valence-electron chi connectivity index (χ3n) is 4.14. The molecule has 132 valence electrons. The fourth-order valence-electron chi connectivity index (χ4n) is 2.81. The van der Waals surface area contributed by atoms with Crippen molar-refractivity contribution < 1.29 is 18.0 Å². The summed E-state index contributed by atoms with van der Waals surface area (Å²) in [6, 6.07) is 9.75. The minimum Gasteiger partial charge on any atom is -0.365 e. The van der Waals surface area contributed by atoms with Gasteiger partial charge in [-0.05, 0) is 29.7 Å². The highest BCUT2D eigenvalue weighted by molar-refractivity contribution is 5.78. The number of rotatable bonds is 5. The molecule has 3 rings (SSSR count). The van der Waals surface area contributed by atoms with Crippen LogP contribution in [0.3, 0.4) is 0 Å². The third kappa shape index (κ3) is 4.29. The number of nitrogens with one attached hydrogen (secondary N) is 1. The van der Waals surface area contributed by atoms with E-state index in [-0.39, 0.29) is 18.3 Å². The van der Waals surface area contributed by atoms with Gasteiger partial charge in [0.05, 0.1) is 5.56 Å². The van der Waals surface area contributed by atoms with Crippen molar-refractivity contribution in [1.82, 2.24) is 9.88 Å². The molecule has 0 spiro atoms. The molecule has 2 heterocycles. The summed E-state index contributed by atoms with van der Waals surface area (Å²) in [7, 11) is 0. The van der Waals surface area contributed by atoms with Gasteiger partial charge in [0.2, 0.25) is 5.91 Å². The number of anilines is 1. The minimum atomic E-state index is -4.44. The van der Waals surface area contributed by atoms with E-state index in [0.717, 1.165) is 30.2 Å². The van der Waals surface area contributed by atoms with Gasteiger partial charge >= 0.3 is 6.18 Å². The molecule has 0 aliphatic carbocycles. The number of alkyl halides is 3. The number of halogens is 3. The van der Waals surface area contributed by atoms with Gasteiger partial charge < -0.3 is 10.2 Å². The number of nitrogens with zero attached hydrogens (tertiary/aromatic N) is 2. The van der Waals surface area contributed by atoms with Crippen molar-refractivity contribution in [1.29, 1.82) is 0 Å². The molecule has 1 saturated heterocycles. The molecule has 0 atom stereocenters. The van der Waals surface area contributed by atoms with E-state index in [0.29, 0.717) is 13.0 Å². The van der Waals surface area contributed by atoms with Crippen molar-refractivity contribution >= 4 is 11.7 Å². The molecule has 0 saturated carbocycles. The van der Waals surface area contributed by atoms with E-state index in [1.54, 1.807) is 0 Å². The Balaban J connectivity index is 1.62. The largest absolute Gasteiger partial charge is 0.419 e. The van der Waals surface area contributed by atoms with E-state index in [1.165, 1.54) is 12.3 Å². The van der Waals surface area contributed by atoms with Crippen LogP contribution in [0.25, 0.3) is 0 Å². The van der Waals surface area contributed by atoms with Gasteiger partial charge in [-0.25, -0.2) is 4.98 Å². The van der Waals surface area contributed by atoms with Crippen molar-refractivity contribution in [3.63, 3.8) is 0 Å². The molecule has 0 unspecified atom stereocenters. The molecule has 2 aromatic rings. The van der Waals surface area contributed by atoms with E-state index >= 15 is 0 Å². The highest BCUT2D eigenvalue weighted by Crippen LogP contribution is 2.33. The molecule has 0 bridgehead atoms. The molecule has 7 heteroatoms. The fraction of sp³-hybridized carbons (Fsp3) is 0.333. The second kappa shape index (κ2) is 7.13. The Morgan fingerprint density at radius 3 is 2.48 bits per heavy atom. The minimum absolute atomic E-state index is 0.167. The molecule has 1 aliphatic rings. The summed E-state index contributed by atoms with van der Waals surface area (Å²) in [6.45, 7) is 1.59. The number of carbonyl (C=O) groups excluding carboxylic acids is 1. The molecule has 0 radical (unpaired) electrons. The van der Waals surface area contributed by atoms with Crippen molar-refractivity contribution in [3.8, 4) is 0 Å². The van der Waals surface area contributed by atoms with Crippen LogP contribution in [-0.2, 0) is 24.1 Å². The molecule has 1 fully saturated rings. The number of hydrogen-bond acceptors (Lipinski definition) is 3. The highest BCUT2D eigenvalue weighted by atomic mass is 19.4. The standard InChI is InChI=1S/C18H18F3N3O/c19-18(20,21)15-3-1-9-22-17(15)23-11-13-5-7-14(8-6-13)12-24-10-2-4-16(24)25/h1,3,5-9H,2,4,10-12H2,(H,22,23). The molecular formula is C18H18F3N3O. The van der Waals surface area contributed by atoms with Crippen LogP contribution in [0.4, 0.5) is 19.0 Å². The van der Waals surface area contributed by atoms with Gasteiger partial charge in [-0.3, -0.25) is 4.79 Å². The third-order valence-corrected chi connectivity index (χ3v) is 4.14. The van der Waals surface area contributed by atoms with E-state index in [2.05, 4.69) is 10.3 Å². The van der Waals surface area contributed by atoms with E-state index < -0.39 is 11.7 Å². The predicted molar refractivity (Wildman–Crippen MR) is 87.7 cm³/mol. The second-order valence-electron chi connectivity index (χ2n) is 5.99. The first-order chi connectivity index (χ1) is 11.9. The maximum absolute atomic E-state index is 12.9. The van der Waals surface area contributed by atoms with Crippen LogP contribution in [0.2, 0.25) is 0 Å². The molecule has 1 aromatic carbocycles. The number of carbonyl (C=O) groups is 1. The van der Waals surface area contributed by atoms with Crippen LogP contribution in [0.1, 0.15) is 29.5 Å². The van der Waals surface area contributed by atoms with Crippen molar-refractivity contribution in [2.45, 2.75) is 32.1 Å². The zero-order valence-electron chi connectivity index (χ0n) is 13.5. The van der Waals surface area contributed by atoms with E-state index in [1.807, 2.05) is 29.2 Å². The van der Waals surface area contributed by atoms with Crippen LogP contribution in [0.5, 0.6) is 0 Å². The number of amides is 1. The van der Waals surface area contributed by atoms with Gasteiger partial charge in [-0.2, -0.15) is 13.2 Å². The Bertz CT molecular complexity index is 744. The summed E-state index contributed by atoms with van der Waals surface area (Å²) >= 11 is 0. The first-order valence-corrected chi connectivity index (χ1v) is 8.05. The maximum Gasteiger partial charge on any atom is 0.419 e. The number of aromatic nitrogens is 1. The van der Waals surface area contributed by atoms with Crippen LogP contribution < -0.4 is 5.32 Å². The second-order valence-corrected chi connectivity index (χ2v) is 5.99. The summed E-state index contributed by atoms with van der Waals surface area (Å²) < 4.78 is 38.8. The number of pyridine rings is 1. The van der Waals surface area contributed by atoms with Gasteiger partial charge in [0.25, 0.3) is 0 Å². The topological polar surface area (TPSA) is 45.2 Å². The average Bonchev–Trinajstić information content (AvgIpc) is 2.98. The Morgan fingerprint density at radius 2 is 1.84 bits per heavy atom. The Kier molecular flexibility index (Phi) is 4.92. The lowest BCUT2D eigenvalue weighted by molar-refractivity contribution is -0.137. The normalized spacial score (nSPS) is 14.8. The van der Waals surface area contributed by atoms with Gasteiger partial charge in [-0.15, -0.1) is 0 Å². The SMILES string of the molecule is O=C1CCCN1Cc1ccc(CNc2ncccc2C(F)(F)F)cc1. The van der Waals surface area contributed by atoms with Crippen LogP contribution in [0, 0.1) is 0 Å². The first-order valence-electron chi connectivity index (χ1n) is 8.05. The van der Waals surface area contributed by atoms with Crippen LogP contribution >= 0.6 is 0 Å². The maximum atomic E-state index is 12.9.